The summed E-state index contributed by atoms with van der Waals surface area (Å²) in [5.74, 6) is 0.0760. The van der Waals surface area contributed by atoms with Crippen LogP contribution in [0.4, 0.5) is 0 Å². The Morgan fingerprint density at radius 1 is 1.43 bits per heavy atom. The second-order valence-corrected chi connectivity index (χ2v) is 6.19. The van der Waals surface area contributed by atoms with Crippen LogP contribution in [0.25, 0.3) is 0 Å². The van der Waals surface area contributed by atoms with E-state index in [4.69, 9.17) is 4.74 Å². The molecule has 0 unspecified atom stereocenters. The number of amides is 1. The molecule has 0 bridgehead atoms. The van der Waals surface area contributed by atoms with E-state index in [-0.39, 0.29) is 17.3 Å². The highest BCUT2D eigenvalue weighted by molar-refractivity contribution is 5.76. The fraction of sp³-hybridized carbons (Fsp3) is 0.667. The van der Waals surface area contributed by atoms with Crippen molar-refractivity contribution in [2.75, 3.05) is 19.7 Å². The van der Waals surface area contributed by atoms with Gasteiger partial charge in [0.25, 0.3) is 0 Å². The second-order valence-electron chi connectivity index (χ2n) is 6.19. The molecular formula is C15H21N3O3. The molecule has 0 N–H and O–H groups in total. The predicted octanol–water partition coefficient (Wildman–Crippen LogP) is 1.14. The van der Waals surface area contributed by atoms with Crippen molar-refractivity contribution in [2.45, 2.75) is 39.2 Å². The molecule has 6 nitrogen and oxygen atoms in total. The van der Waals surface area contributed by atoms with E-state index in [2.05, 4.69) is 5.10 Å². The van der Waals surface area contributed by atoms with Crippen molar-refractivity contribution in [3.63, 3.8) is 0 Å². The van der Waals surface area contributed by atoms with Crippen LogP contribution in [0.1, 0.15) is 31.4 Å². The molecule has 2 saturated heterocycles. The van der Waals surface area contributed by atoms with Crippen molar-refractivity contribution in [1.82, 2.24) is 14.7 Å². The summed E-state index contributed by atoms with van der Waals surface area (Å²) in [6, 6.07) is 1.94. The standard InChI is InChI=1S/C15H21N3O3/c1-12-2-6-18(16-12)7-3-13(19)17-8-4-15(5-9-17)10-14(20)21-11-15/h2,6H,3-5,7-11H2,1H3. The van der Waals surface area contributed by atoms with Crippen LogP contribution in [-0.2, 0) is 20.9 Å². The van der Waals surface area contributed by atoms with Crippen LogP contribution in [0.3, 0.4) is 0 Å². The molecule has 0 radical (unpaired) electrons. The minimum absolute atomic E-state index is 0.00699. The molecule has 1 aromatic heterocycles. The zero-order valence-corrected chi connectivity index (χ0v) is 12.4. The fourth-order valence-electron chi connectivity index (χ4n) is 3.15. The summed E-state index contributed by atoms with van der Waals surface area (Å²) in [6.45, 7) is 4.55. The van der Waals surface area contributed by atoms with Gasteiger partial charge in [-0.3, -0.25) is 14.3 Å². The number of ether oxygens (including phenoxy) is 1. The molecule has 2 fully saturated rings. The Balaban J connectivity index is 1.47. The molecule has 0 aromatic carbocycles. The predicted molar refractivity (Wildman–Crippen MR) is 75.4 cm³/mol. The SMILES string of the molecule is Cc1ccn(CCC(=O)N2CCC3(CC2)COC(=O)C3)n1. The lowest BCUT2D eigenvalue weighted by molar-refractivity contribution is -0.138. The molecule has 6 heteroatoms. The molecule has 3 rings (SSSR count). The van der Waals surface area contributed by atoms with Crippen molar-refractivity contribution >= 4 is 11.9 Å². The van der Waals surface area contributed by atoms with Crippen molar-refractivity contribution in [2.24, 2.45) is 5.41 Å². The van der Waals surface area contributed by atoms with E-state index in [9.17, 15) is 9.59 Å². The summed E-state index contributed by atoms with van der Waals surface area (Å²) >= 11 is 0. The maximum absolute atomic E-state index is 12.2. The molecule has 2 aliphatic rings. The number of carbonyl (C=O) groups is 2. The summed E-state index contributed by atoms with van der Waals surface area (Å²) in [6.07, 6.45) is 4.62. The number of piperidine rings is 1. The van der Waals surface area contributed by atoms with E-state index in [0.29, 0.717) is 26.0 Å². The van der Waals surface area contributed by atoms with Crippen LogP contribution < -0.4 is 0 Å². The first-order valence-electron chi connectivity index (χ1n) is 7.50. The van der Waals surface area contributed by atoms with Crippen molar-refractivity contribution in [3.8, 4) is 0 Å². The average molecular weight is 291 g/mol. The number of hydrogen-bond acceptors (Lipinski definition) is 4. The Bertz CT molecular complexity index is 544. The highest BCUT2D eigenvalue weighted by Crippen LogP contribution is 2.39. The van der Waals surface area contributed by atoms with Crippen LogP contribution >= 0.6 is 0 Å². The lowest BCUT2D eigenvalue weighted by Crippen LogP contribution is -2.43. The third kappa shape index (κ3) is 3.09. The second kappa shape index (κ2) is 5.50. The van der Waals surface area contributed by atoms with E-state index >= 15 is 0 Å². The molecule has 3 heterocycles. The van der Waals surface area contributed by atoms with Gasteiger partial charge in [-0.05, 0) is 25.8 Å². The topological polar surface area (TPSA) is 64.4 Å². The van der Waals surface area contributed by atoms with Crippen LogP contribution in [0.15, 0.2) is 12.3 Å². The summed E-state index contributed by atoms with van der Waals surface area (Å²) < 4.78 is 6.90. The van der Waals surface area contributed by atoms with Gasteiger partial charge in [0.15, 0.2) is 0 Å². The molecule has 0 saturated carbocycles. The first kappa shape index (κ1) is 14.1. The van der Waals surface area contributed by atoms with Crippen LogP contribution in [-0.4, -0.2) is 46.3 Å². The number of likely N-dealkylation sites (tertiary alicyclic amines) is 1. The summed E-state index contributed by atoms with van der Waals surface area (Å²) in [4.78, 5) is 25.4. The number of esters is 1. The monoisotopic (exact) mass is 291 g/mol. The van der Waals surface area contributed by atoms with E-state index in [1.807, 2.05) is 28.8 Å². The maximum atomic E-state index is 12.2. The highest BCUT2D eigenvalue weighted by Gasteiger charge is 2.43. The molecule has 114 valence electrons. The molecule has 1 spiro atoms. The number of cyclic esters (lactones) is 1. The van der Waals surface area contributed by atoms with Gasteiger partial charge in [-0.15, -0.1) is 0 Å². The van der Waals surface area contributed by atoms with E-state index in [0.717, 1.165) is 31.6 Å². The van der Waals surface area contributed by atoms with Gasteiger partial charge in [0.2, 0.25) is 5.91 Å². The minimum atomic E-state index is -0.0937. The number of hydrogen-bond donors (Lipinski definition) is 0. The fourth-order valence-corrected chi connectivity index (χ4v) is 3.15. The maximum Gasteiger partial charge on any atom is 0.306 e. The van der Waals surface area contributed by atoms with Gasteiger partial charge in [0, 0.05) is 37.7 Å². The van der Waals surface area contributed by atoms with Crippen molar-refractivity contribution in [3.05, 3.63) is 18.0 Å². The van der Waals surface area contributed by atoms with Gasteiger partial charge in [-0.1, -0.05) is 0 Å². The van der Waals surface area contributed by atoms with Crippen molar-refractivity contribution < 1.29 is 14.3 Å². The quantitative estimate of drug-likeness (QED) is 0.783. The zero-order valence-electron chi connectivity index (χ0n) is 12.4. The molecule has 1 amide bonds. The Morgan fingerprint density at radius 2 is 2.19 bits per heavy atom. The van der Waals surface area contributed by atoms with Gasteiger partial charge in [-0.2, -0.15) is 5.10 Å². The van der Waals surface area contributed by atoms with Crippen molar-refractivity contribution in [1.29, 1.82) is 0 Å². The molecule has 1 aromatic rings. The summed E-state index contributed by atoms with van der Waals surface area (Å²) in [5.41, 5.74) is 0.959. The smallest absolute Gasteiger partial charge is 0.306 e. The highest BCUT2D eigenvalue weighted by atomic mass is 16.5. The molecule has 21 heavy (non-hydrogen) atoms. The van der Waals surface area contributed by atoms with Gasteiger partial charge in [-0.25, -0.2) is 0 Å². The van der Waals surface area contributed by atoms with E-state index in [1.165, 1.54) is 0 Å². The lowest BCUT2D eigenvalue weighted by atomic mass is 9.78. The zero-order chi connectivity index (χ0) is 14.9. The summed E-state index contributed by atoms with van der Waals surface area (Å²) in [5, 5.41) is 4.29. The number of aromatic nitrogens is 2. The van der Waals surface area contributed by atoms with Gasteiger partial charge in [0.05, 0.1) is 18.7 Å². The van der Waals surface area contributed by atoms with Gasteiger partial charge < -0.3 is 9.64 Å². The largest absolute Gasteiger partial charge is 0.465 e. The Kier molecular flexibility index (Phi) is 3.69. The van der Waals surface area contributed by atoms with Gasteiger partial charge >= 0.3 is 5.97 Å². The van der Waals surface area contributed by atoms with E-state index < -0.39 is 0 Å². The average Bonchev–Trinajstić information content (AvgIpc) is 3.04. The Morgan fingerprint density at radius 3 is 2.76 bits per heavy atom. The van der Waals surface area contributed by atoms with Crippen LogP contribution in [0, 0.1) is 12.3 Å². The number of aryl methyl sites for hydroxylation is 2. The number of nitrogens with zero attached hydrogens (tertiary/aromatic N) is 3. The number of rotatable bonds is 3. The Hall–Kier alpha value is -1.85. The third-order valence-electron chi connectivity index (χ3n) is 4.56. The number of carbonyl (C=O) groups excluding carboxylic acids is 2. The normalized spacial score (nSPS) is 20.8. The first-order valence-corrected chi connectivity index (χ1v) is 7.50. The molecular weight excluding hydrogens is 270 g/mol. The minimum Gasteiger partial charge on any atom is -0.465 e. The third-order valence-corrected chi connectivity index (χ3v) is 4.56. The first-order chi connectivity index (χ1) is 10.1. The molecule has 2 aliphatic heterocycles. The summed E-state index contributed by atoms with van der Waals surface area (Å²) in [7, 11) is 0. The molecule has 0 aliphatic carbocycles. The van der Waals surface area contributed by atoms with Crippen LogP contribution in [0.2, 0.25) is 0 Å². The van der Waals surface area contributed by atoms with E-state index in [1.54, 1.807) is 0 Å². The molecule has 0 atom stereocenters. The lowest BCUT2D eigenvalue weighted by Gasteiger charge is -2.37. The van der Waals surface area contributed by atoms with Crippen LogP contribution in [0.5, 0.6) is 0 Å². The Labute approximate surface area is 124 Å². The van der Waals surface area contributed by atoms with Gasteiger partial charge in [0.1, 0.15) is 0 Å².